The molecule has 0 aliphatic carbocycles. The minimum Gasteiger partial charge on any atom is -0.494 e. The fraction of sp³-hybridized carbons (Fsp3) is 0.581. The van der Waals surface area contributed by atoms with Crippen LogP contribution in [-0.2, 0) is 4.79 Å². The lowest BCUT2D eigenvalue weighted by molar-refractivity contribution is -0.226. The molecule has 0 aromatic heterocycles. The van der Waals surface area contributed by atoms with Crippen molar-refractivity contribution in [3.8, 4) is 22.6 Å². The molecule has 206 valence electrons. The van der Waals surface area contributed by atoms with Crippen LogP contribution in [-0.4, -0.2) is 18.8 Å². The summed E-state index contributed by atoms with van der Waals surface area (Å²) in [6, 6.07) is 14.3. The summed E-state index contributed by atoms with van der Waals surface area (Å²) in [6.07, 6.45) is 6.19. The molecule has 0 spiro atoms. The van der Waals surface area contributed by atoms with Crippen molar-refractivity contribution in [2.24, 2.45) is 5.41 Å². The first-order valence-corrected chi connectivity index (χ1v) is 13.8. The number of esters is 1. The largest absolute Gasteiger partial charge is 0.494 e. The molecular formula is C31H43F3O3. The second-order valence-electron chi connectivity index (χ2n) is 10.0. The summed E-state index contributed by atoms with van der Waals surface area (Å²) < 4.78 is 52.4. The monoisotopic (exact) mass is 520 g/mol. The van der Waals surface area contributed by atoms with Gasteiger partial charge in [0.1, 0.15) is 11.5 Å². The average Bonchev–Trinajstić information content (AvgIpc) is 2.88. The number of halogens is 3. The van der Waals surface area contributed by atoms with Gasteiger partial charge in [0.15, 0.2) is 5.41 Å². The zero-order chi connectivity index (χ0) is 27.2. The van der Waals surface area contributed by atoms with Gasteiger partial charge in [-0.3, -0.25) is 4.79 Å². The Hall–Kier alpha value is -2.50. The standard InChI is InChI=1S/C31H43F3O3/c1-4-6-8-10-12-14-24-36-27-19-15-25(16-20-27)26-17-21-28(22-18-26)37-29(35)30(3,31(32,33)34)23-13-11-9-7-5-2/h15-22H,4-14,23-24H2,1-3H3. The molecule has 0 bridgehead atoms. The molecule has 6 heteroatoms. The van der Waals surface area contributed by atoms with Crippen molar-refractivity contribution in [1.82, 2.24) is 0 Å². The van der Waals surface area contributed by atoms with E-state index in [4.69, 9.17) is 9.47 Å². The summed E-state index contributed by atoms with van der Waals surface area (Å²) in [5, 5.41) is 0. The third kappa shape index (κ3) is 10.1. The molecule has 0 N–H and O–H groups in total. The van der Waals surface area contributed by atoms with E-state index in [2.05, 4.69) is 6.92 Å². The maximum Gasteiger partial charge on any atom is 0.404 e. The highest BCUT2D eigenvalue weighted by Crippen LogP contribution is 2.43. The van der Waals surface area contributed by atoms with Crippen LogP contribution in [0.2, 0.25) is 0 Å². The van der Waals surface area contributed by atoms with Gasteiger partial charge in [0, 0.05) is 0 Å². The lowest BCUT2D eigenvalue weighted by Crippen LogP contribution is -2.45. The lowest BCUT2D eigenvalue weighted by Gasteiger charge is -2.29. The number of ether oxygens (including phenoxy) is 2. The van der Waals surface area contributed by atoms with Crippen molar-refractivity contribution in [1.29, 1.82) is 0 Å². The van der Waals surface area contributed by atoms with Gasteiger partial charge < -0.3 is 9.47 Å². The van der Waals surface area contributed by atoms with E-state index in [1.54, 1.807) is 12.1 Å². The molecule has 0 fully saturated rings. The van der Waals surface area contributed by atoms with E-state index in [1.165, 1.54) is 44.2 Å². The highest BCUT2D eigenvalue weighted by Gasteiger charge is 2.57. The van der Waals surface area contributed by atoms with E-state index in [1.807, 2.05) is 31.2 Å². The van der Waals surface area contributed by atoms with Crippen LogP contribution in [0.4, 0.5) is 13.2 Å². The van der Waals surface area contributed by atoms with Gasteiger partial charge in [-0.1, -0.05) is 102 Å². The number of carbonyl (C=O) groups excluding carboxylic acids is 1. The number of rotatable bonds is 17. The summed E-state index contributed by atoms with van der Waals surface area (Å²) in [5.41, 5.74) is -0.711. The van der Waals surface area contributed by atoms with Gasteiger partial charge in [-0.05, 0) is 55.2 Å². The highest BCUT2D eigenvalue weighted by atomic mass is 19.4. The molecule has 2 rings (SSSR count). The van der Waals surface area contributed by atoms with E-state index < -0.39 is 17.6 Å². The Morgan fingerprint density at radius 2 is 1.14 bits per heavy atom. The Labute approximate surface area is 220 Å². The first-order chi connectivity index (χ1) is 17.7. The summed E-state index contributed by atoms with van der Waals surface area (Å²) in [5.74, 6) is -0.340. The smallest absolute Gasteiger partial charge is 0.404 e. The van der Waals surface area contributed by atoms with Crippen LogP contribution in [0.15, 0.2) is 48.5 Å². The molecule has 0 amide bonds. The Bertz CT molecular complexity index is 907. The number of benzene rings is 2. The minimum absolute atomic E-state index is 0.106. The third-order valence-electron chi connectivity index (χ3n) is 6.88. The van der Waals surface area contributed by atoms with Crippen LogP contribution in [0.1, 0.15) is 97.8 Å². The van der Waals surface area contributed by atoms with Gasteiger partial charge in [-0.2, -0.15) is 13.2 Å². The Morgan fingerprint density at radius 3 is 1.65 bits per heavy atom. The van der Waals surface area contributed by atoms with Gasteiger partial charge >= 0.3 is 12.1 Å². The molecule has 0 aliphatic heterocycles. The first kappa shape index (κ1) is 30.7. The molecule has 0 aliphatic rings. The molecule has 2 aromatic rings. The van der Waals surface area contributed by atoms with Crippen molar-refractivity contribution in [2.45, 2.75) is 104 Å². The van der Waals surface area contributed by atoms with Crippen molar-refractivity contribution in [2.75, 3.05) is 6.61 Å². The van der Waals surface area contributed by atoms with Crippen LogP contribution in [0.5, 0.6) is 11.5 Å². The molecule has 3 nitrogen and oxygen atoms in total. The normalized spacial score (nSPS) is 13.2. The molecule has 37 heavy (non-hydrogen) atoms. The molecule has 0 radical (unpaired) electrons. The minimum atomic E-state index is -4.67. The van der Waals surface area contributed by atoms with Gasteiger partial charge in [0.2, 0.25) is 0 Å². The van der Waals surface area contributed by atoms with Crippen molar-refractivity contribution in [3.63, 3.8) is 0 Å². The number of alkyl halides is 3. The SMILES string of the molecule is CCCCCCCCOc1ccc(-c2ccc(OC(=O)C(C)(CCCCCCC)C(F)(F)F)cc2)cc1. The van der Waals surface area contributed by atoms with Gasteiger partial charge in [-0.15, -0.1) is 0 Å². The Balaban J connectivity index is 1.90. The fourth-order valence-electron chi connectivity index (χ4n) is 4.19. The molecule has 1 atom stereocenters. The van der Waals surface area contributed by atoms with Crippen LogP contribution in [0.25, 0.3) is 11.1 Å². The third-order valence-corrected chi connectivity index (χ3v) is 6.88. The summed E-state index contributed by atoms with van der Waals surface area (Å²) in [6.45, 7) is 5.89. The second-order valence-corrected chi connectivity index (χ2v) is 10.0. The quantitative estimate of drug-likeness (QED) is 0.118. The predicted molar refractivity (Wildman–Crippen MR) is 144 cm³/mol. The van der Waals surface area contributed by atoms with Crippen LogP contribution >= 0.6 is 0 Å². The zero-order valence-electron chi connectivity index (χ0n) is 22.7. The summed E-state index contributed by atoms with van der Waals surface area (Å²) >= 11 is 0. The van der Waals surface area contributed by atoms with Crippen LogP contribution in [0, 0.1) is 5.41 Å². The van der Waals surface area contributed by atoms with E-state index in [-0.39, 0.29) is 12.2 Å². The van der Waals surface area contributed by atoms with Crippen molar-refractivity contribution >= 4 is 5.97 Å². The summed E-state index contributed by atoms with van der Waals surface area (Å²) in [4.78, 5) is 12.6. The first-order valence-electron chi connectivity index (χ1n) is 13.8. The number of carbonyl (C=O) groups is 1. The maximum atomic E-state index is 13.8. The predicted octanol–water partition coefficient (Wildman–Crippen LogP) is 9.93. The maximum absolute atomic E-state index is 13.8. The molecule has 0 heterocycles. The van der Waals surface area contributed by atoms with E-state index in [0.717, 1.165) is 49.5 Å². The van der Waals surface area contributed by atoms with Gasteiger partial charge in [-0.25, -0.2) is 0 Å². The number of hydrogen-bond acceptors (Lipinski definition) is 3. The molecule has 2 aromatic carbocycles. The molecular weight excluding hydrogens is 477 g/mol. The van der Waals surface area contributed by atoms with Gasteiger partial charge in [0.05, 0.1) is 6.61 Å². The topological polar surface area (TPSA) is 35.5 Å². The van der Waals surface area contributed by atoms with Crippen LogP contribution in [0.3, 0.4) is 0 Å². The van der Waals surface area contributed by atoms with Gasteiger partial charge in [0.25, 0.3) is 0 Å². The fourth-order valence-corrected chi connectivity index (χ4v) is 4.19. The molecule has 0 saturated carbocycles. The van der Waals surface area contributed by atoms with Crippen molar-refractivity contribution in [3.05, 3.63) is 48.5 Å². The van der Waals surface area contributed by atoms with Crippen molar-refractivity contribution < 1.29 is 27.4 Å². The second kappa shape index (κ2) is 15.7. The van der Waals surface area contributed by atoms with E-state index in [9.17, 15) is 18.0 Å². The van der Waals surface area contributed by atoms with E-state index >= 15 is 0 Å². The Morgan fingerprint density at radius 1 is 0.676 bits per heavy atom. The molecule has 1 unspecified atom stereocenters. The highest BCUT2D eigenvalue weighted by molar-refractivity contribution is 5.80. The number of hydrogen-bond donors (Lipinski definition) is 0. The Kier molecular flexibility index (Phi) is 13.0. The number of unbranched alkanes of at least 4 members (excludes halogenated alkanes) is 9. The lowest BCUT2D eigenvalue weighted by atomic mass is 9.83. The zero-order valence-corrected chi connectivity index (χ0v) is 22.7. The van der Waals surface area contributed by atoms with Crippen LogP contribution < -0.4 is 9.47 Å². The van der Waals surface area contributed by atoms with E-state index in [0.29, 0.717) is 19.4 Å². The summed E-state index contributed by atoms with van der Waals surface area (Å²) in [7, 11) is 0. The average molecular weight is 521 g/mol. The molecule has 0 saturated heterocycles.